The van der Waals surface area contributed by atoms with Crippen molar-refractivity contribution in [3.8, 4) is 0 Å². The third kappa shape index (κ3) is 3.56. The van der Waals surface area contributed by atoms with Crippen molar-refractivity contribution >= 4 is 21.8 Å². The Morgan fingerprint density at radius 3 is 2.89 bits per heavy atom. The van der Waals surface area contributed by atoms with Crippen LogP contribution in [-0.4, -0.2) is 25.7 Å². The summed E-state index contributed by atoms with van der Waals surface area (Å²) >= 11 is 3.42. The molecule has 1 fully saturated rings. The molecule has 0 aliphatic carbocycles. The number of hydrogen-bond acceptors (Lipinski definition) is 2. The summed E-state index contributed by atoms with van der Waals surface area (Å²) in [5, 5.41) is 3.01. The van der Waals surface area contributed by atoms with Gasteiger partial charge in [0.1, 0.15) is 0 Å². The van der Waals surface area contributed by atoms with Crippen LogP contribution in [0.25, 0.3) is 0 Å². The van der Waals surface area contributed by atoms with Crippen LogP contribution in [-0.2, 0) is 4.74 Å². The molecule has 1 aliphatic rings. The molecule has 0 unspecified atom stereocenters. The van der Waals surface area contributed by atoms with Crippen LogP contribution in [0.2, 0.25) is 0 Å². The van der Waals surface area contributed by atoms with Crippen molar-refractivity contribution in [1.82, 2.24) is 5.32 Å². The van der Waals surface area contributed by atoms with Crippen molar-refractivity contribution in [2.24, 2.45) is 5.92 Å². The maximum atomic E-state index is 12.1. The SMILES string of the molecule is Cc1ccc(Br)c(C(=O)NCC2CCOCC2)c1. The van der Waals surface area contributed by atoms with E-state index in [0.717, 1.165) is 42.6 Å². The van der Waals surface area contributed by atoms with E-state index >= 15 is 0 Å². The third-order valence-corrected chi connectivity index (χ3v) is 3.95. The van der Waals surface area contributed by atoms with E-state index in [0.29, 0.717) is 11.5 Å². The lowest BCUT2D eigenvalue weighted by Gasteiger charge is -2.22. The fourth-order valence-electron chi connectivity index (χ4n) is 2.10. The molecular weight excluding hydrogens is 294 g/mol. The Labute approximate surface area is 116 Å². The van der Waals surface area contributed by atoms with Crippen molar-refractivity contribution in [1.29, 1.82) is 0 Å². The van der Waals surface area contributed by atoms with Gasteiger partial charge in [-0.3, -0.25) is 4.79 Å². The largest absolute Gasteiger partial charge is 0.381 e. The standard InChI is InChI=1S/C14H18BrNO2/c1-10-2-3-13(15)12(8-10)14(17)16-9-11-4-6-18-7-5-11/h2-3,8,11H,4-7,9H2,1H3,(H,16,17). The number of nitrogens with one attached hydrogen (secondary N) is 1. The highest BCUT2D eigenvalue weighted by Crippen LogP contribution is 2.18. The summed E-state index contributed by atoms with van der Waals surface area (Å²) in [5.41, 5.74) is 1.80. The number of carbonyl (C=O) groups is 1. The topological polar surface area (TPSA) is 38.3 Å². The van der Waals surface area contributed by atoms with Crippen molar-refractivity contribution in [2.45, 2.75) is 19.8 Å². The quantitative estimate of drug-likeness (QED) is 0.932. The second-order valence-corrected chi connectivity index (χ2v) is 5.60. The second-order valence-electron chi connectivity index (χ2n) is 4.75. The normalized spacial score (nSPS) is 16.6. The maximum absolute atomic E-state index is 12.1. The van der Waals surface area contributed by atoms with Crippen LogP contribution in [0.3, 0.4) is 0 Å². The molecule has 0 atom stereocenters. The molecule has 1 saturated heterocycles. The summed E-state index contributed by atoms with van der Waals surface area (Å²) in [4.78, 5) is 12.1. The average molecular weight is 312 g/mol. The van der Waals surface area contributed by atoms with Gasteiger partial charge < -0.3 is 10.1 Å². The molecule has 1 heterocycles. The Kier molecular flexibility index (Phi) is 4.78. The highest BCUT2D eigenvalue weighted by molar-refractivity contribution is 9.10. The predicted octanol–water partition coefficient (Wildman–Crippen LogP) is 2.91. The zero-order valence-corrected chi connectivity index (χ0v) is 12.1. The first-order valence-electron chi connectivity index (χ1n) is 6.29. The first kappa shape index (κ1) is 13.6. The Hall–Kier alpha value is -0.870. The first-order chi connectivity index (χ1) is 8.66. The lowest BCUT2D eigenvalue weighted by Crippen LogP contribution is -2.32. The molecule has 1 amide bonds. The summed E-state index contributed by atoms with van der Waals surface area (Å²) in [6, 6.07) is 5.81. The van der Waals surface area contributed by atoms with Gasteiger partial charge in [0.15, 0.2) is 0 Å². The molecule has 1 aromatic carbocycles. The molecule has 2 rings (SSSR count). The van der Waals surface area contributed by atoms with E-state index in [1.165, 1.54) is 0 Å². The molecular formula is C14H18BrNO2. The van der Waals surface area contributed by atoms with E-state index in [1.54, 1.807) is 0 Å². The third-order valence-electron chi connectivity index (χ3n) is 3.26. The van der Waals surface area contributed by atoms with Gasteiger partial charge in [-0.05, 0) is 53.7 Å². The van der Waals surface area contributed by atoms with E-state index in [2.05, 4.69) is 21.2 Å². The first-order valence-corrected chi connectivity index (χ1v) is 7.08. The van der Waals surface area contributed by atoms with E-state index in [4.69, 9.17) is 4.74 Å². The minimum atomic E-state index is -0.00272. The molecule has 4 heteroatoms. The molecule has 0 radical (unpaired) electrons. The van der Waals surface area contributed by atoms with Gasteiger partial charge in [0.05, 0.1) is 5.56 Å². The number of ether oxygens (including phenoxy) is 1. The van der Waals surface area contributed by atoms with Crippen LogP contribution < -0.4 is 5.32 Å². The van der Waals surface area contributed by atoms with E-state index in [1.807, 2.05) is 25.1 Å². The molecule has 0 spiro atoms. The second kappa shape index (κ2) is 6.34. The summed E-state index contributed by atoms with van der Waals surface area (Å²) < 4.78 is 6.15. The molecule has 1 aromatic rings. The van der Waals surface area contributed by atoms with Gasteiger partial charge in [0, 0.05) is 24.2 Å². The Balaban J connectivity index is 1.92. The monoisotopic (exact) mass is 311 g/mol. The molecule has 0 bridgehead atoms. The van der Waals surface area contributed by atoms with Crippen LogP contribution in [0.15, 0.2) is 22.7 Å². The van der Waals surface area contributed by atoms with Gasteiger partial charge >= 0.3 is 0 Å². The predicted molar refractivity (Wildman–Crippen MR) is 74.8 cm³/mol. The number of hydrogen-bond donors (Lipinski definition) is 1. The van der Waals surface area contributed by atoms with E-state index in [-0.39, 0.29) is 5.91 Å². The van der Waals surface area contributed by atoms with E-state index in [9.17, 15) is 4.79 Å². The number of carbonyl (C=O) groups excluding carboxylic acids is 1. The highest BCUT2D eigenvalue weighted by atomic mass is 79.9. The Bertz CT molecular complexity index is 428. The molecule has 1 N–H and O–H groups in total. The molecule has 98 valence electrons. The molecule has 0 saturated carbocycles. The number of benzene rings is 1. The Morgan fingerprint density at radius 2 is 2.17 bits per heavy atom. The van der Waals surface area contributed by atoms with Gasteiger partial charge in [-0.25, -0.2) is 0 Å². The van der Waals surface area contributed by atoms with Crippen molar-refractivity contribution in [2.75, 3.05) is 19.8 Å². The lowest BCUT2D eigenvalue weighted by atomic mass is 10.0. The zero-order chi connectivity index (χ0) is 13.0. The minimum absolute atomic E-state index is 0.00272. The lowest BCUT2D eigenvalue weighted by molar-refractivity contribution is 0.0642. The van der Waals surface area contributed by atoms with Crippen LogP contribution in [0.1, 0.15) is 28.8 Å². The number of rotatable bonds is 3. The summed E-state index contributed by atoms with van der Waals surface area (Å²) in [5.74, 6) is 0.545. The van der Waals surface area contributed by atoms with Crippen LogP contribution >= 0.6 is 15.9 Å². The Morgan fingerprint density at radius 1 is 1.44 bits per heavy atom. The van der Waals surface area contributed by atoms with Crippen LogP contribution in [0.4, 0.5) is 0 Å². The van der Waals surface area contributed by atoms with Gasteiger partial charge in [-0.1, -0.05) is 11.6 Å². The molecule has 3 nitrogen and oxygen atoms in total. The fraction of sp³-hybridized carbons (Fsp3) is 0.500. The van der Waals surface area contributed by atoms with Gasteiger partial charge in [-0.15, -0.1) is 0 Å². The van der Waals surface area contributed by atoms with Gasteiger partial charge in [-0.2, -0.15) is 0 Å². The van der Waals surface area contributed by atoms with Crippen LogP contribution in [0.5, 0.6) is 0 Å². The molecule has 18 heavy (non-hydrogen) atoms. The van der Waals surface area contributed by atoms with Crippen LogP contribution in [0, 0.1) is 12.8 Å². The average Bonchev–Trinajstić information content (AvgIpc) is 2.40. The fourth-order valence-corrected chi connectivity index (χ4v) is 2.52. The van der Waals surface area contributed by atoms with Gasteiger partial charge in [0.2, 0.25) is 0 Å². The van der Waals surface area contributed by atoms with Crippen molar-refractivity contribution < 1.29 is 9.53 Å². The molecule has 1 aliphatic heterocycles. The smallest absolute Gasteiger partial charge is 0.252 e. The minimum Gasteiger partial charge on any atom is -0.381 e. The summed E-state index contributed by atoms with van der Waals surface area (Å²) in [7, 11) is 0. The number of aryl methyl sites for hydroxylation is 1. The number of halogens is 1. The molecule has 0 aromatic heterocycles. The maximum Gasteiger partial charge on any atom is 0.252 e. The summed E-state index contributed by atoms with van der Waals surface area (Å²) in [6.45, 7) is 4.35. The van der Waals surface area contributed by atoms with Crippen molar-refractivity contribution in [3.63, 3.8) is 0 Å². The zero-order valence-electron chi connectivity index (χ0n) is 10.5. The van der Waals surface area contributed by atoms with Gasteiger partial charge in [0.25, 0.3) is 5.91 Å². The van der Waals surface area contributed by atoms with E-state index < -0.39 is 0 Å². The summed E-state index contributed by atoms with van der Waals surface area (Å²) in [6.07, 6.45) is 2.07. The van der Waals surface area contributed by atoms with Crippen molar-refractivity contribution in [3.05, 3.63) is 33.8 Å². The number of amides is 1. The highest BCUT2D eigenvalue weighted by Gasteiger charge is 2.16.